The van der Waals surface area contributed by atoms with Crippen LogP contribution in [0.25, 0.3) is 0 Å². The maximum Gasteiger partial charge on any atom is 0.523 e. The number of alkyl halides is 3. The molecule has 0 bridgehead atoms. The Morgan fingerprint density at radius 2 is 1.12 bits per heavy atom. The Kier molecular flexibility index (Phi) is 9.80. The monoisotopic (exact) mass is 624 g/mol. The highest BCUT2D eigenvalue weighted by atomic mass is 32.2. The summed E-state index contributed by atoms with van der Waals surface area (Å²) in [6.07, 6.45) is -10.9. The van der Waals surface area contributed by atoms with Gasteiger partial charge in [0, 0.05) is 0 Å². The van der Waals surface area contributed by atoms with Crippen LogP contribution in [-0.4, -0.2) is 74.3 Å². The third kappa shape index (κ3) is 7.75. The zero-order chi connectivity index (χ0) is 31.2. The molecule has 1 aliphatic heterocycles. The number of hydrogen-bond donors (Lipinski definition) is 1. The standard InChI is InChI=1S/C28H23F3O11S/c29-28(30,31)43(36,37)42-21-20(16-38-24(32)17-10-4-1-5-11-17)39-27(35)23(41-26(34)19-14-8-3-9-15-19)22(21)40-25(33)18-12-6-2-7-13-18/h1-15,20-23,27,35H,16H2/t20-,21+,22+,23-,27-/m1/s1. The van der Waals surface area contributed by atoms with Crippen molar-refractivity contribution < 1.29 is 64.2 Å². The van der Waals surface area contributed by atoms with E-state index in [-0.39, 0.29) is 16.7 Å². The molecule has 0 unspecified atom stereocenters. The van der Waals surface area contributed by atoms with Crippen LogP contribution in [0.15, 0.2) is 91.0 Å². The molecule has 228 valence electrons. The number of aliphatic hydroxyl groups excluding tert-OH is 1. The number of halogens is 3. The Balaban J connectivity index is 1.71. The van der Waals surface area contributed by atoms with Crippen LogP contribution in [0.3, 0.4) is 0 Å². The number of ether oxygens (including phenoxy) is 4. The van der Waals surface area contributed by atoms with Gasteiger partial charge in [-0.2, -0.15) is 21.6 Å². The zero-order valence-electron chi connectivity index (χ0n) is 21.8. The lowest BCUT2D eigenvalue weighted by atomic mass is 9.98. The number of rotatable bonds is 9. The smallest absolute Gasteiger partial charge is 0.459 e. The summed E-state index contributed by atoms with van der Waals surface area (Å²) < 4.78 is 90.0. The van der Waals surface area contributed by atoms with Crippen LogP contribution in [0.2, 0.25) is 0 Å². The van der Waals surface area contributed by atoms with E-state index in [2.05, 4.69) is 4.18 Å². The highest BCUT2D eigenvalue weighted by molar-refractivity contribution is 7.87. The van der Waals surface area contributed by atoms with Crippen molar-refractivity contribution in [2.45, 2.75) is 36.2 Å². The van der Waals surface area contributed by atoms with Crippen LogP contribution < -0.4 is 0 Å². The Morgan fingerprint density at radius 1 is 0.698 bits per heavy atom. The maximum absolute atomic E-state index is 13.4. The van der Waals surface area contributed by atoms with Crippen molar-refractivity contribution in [3.8, 4) is 0 Å². The molecule has 4 rings (SSSR count). The van der Waals surface area contributed by atoms with Crippen LogP contribution in [0.1, 0.15) is 31.1 Å². The largest absolute Gasteiger partial charge is 0.523 e. The third-order valence-corrected chi connectivity index (χ3v) is 7.07. The zero-order valence-corrected chi connectivity index (χ0v) is 22.6. The van der Waals surface area contributed by atoms with Gasteiger partial charge >= 0.3 is 33.5 Å². The molecule has 0 radical (unpaired) electrons. The minimum Gasteiger partial charge on any atom is -0.459 e. The molecule has 43 heavy (non-hydrogen) atoms. The molecule has 3 aromatic rings. The van der Waals surface area contributed by atoms with Crippen LogP contribution in [0.4, 0.5) is 13.2 Å². The number of hydrogen-bond acceptors (Lipinski definition) is 11. The normalized spacial score (nSPS) is 22.3. The molecule has 0 amide bonds. The average molecular weight is 625 g/mol. The van der Waals surface area contributed by atoms with Crippen molar-refractivity contribution in [1.82, 2.24) is 0 Å². The average Bonchev–Trinajstić information content (AvgIpc) is 2.99. The van der Waals surface area contributed by atoms with Crippen LogP contribution in [0, 0.1) is 0 Å². The molecule has 1 saturated heterocycles. The Labute approximate surface area is 242 Å². The fourth-order valence-electron chi connectivity index (χ4n) is 3.95. The Morgan fingerprint density at radius 3 is 1.56 bits per heavy atom. The predicted molar refractivity (Wildman–Crippen MR) is 139 cm³/mol. The first-order chi connectivity index (χ1) is 20.4. The summed E-state index contributed by atoms with van der Waals surface area (Å²) in [5, 5.41) is 10.8. The van der Waals surface area contributed by atoms with Crippen molar-refractivity contribution in [3.63, 3.8) is 0 Å². The lowest BCUT2D eigenvalue weighted by Crippen LogP contribution is -2.63. The summed E-state index contributed by atoms with van der Waals surface area (Å²) >= 11 is 0. The van der Waals surface area contributed by atoms with Gasteiger partial charge in [0.1, 0.15) is 18.8 Å². The summed E-state index contributed by atoms with van der Waals surface area (Å²) in [4.78, 5) is 38.3. The second-order valence-corrected chi connectivity index (χ2v) is 10.5. The van der Waals surface area contributed by atoms with E-state index in [1.807, 2.05) is 0 Å². The molecule has 0 saturated carbocycles. The van der Waals surface area contributed by atoms with Gasteiger partial charge in [-0.05, 0) is 36.4 Å². The topological polar surface area (TPSA) is 152 Å². The minimum absolute atomic E-state index is 0.0287. The van der Waals surface area contributed by atoms with E-state index in [1.165, 1.54) is 72.8 Å². The summed E-state index contributed by atoms with van der Waals surface area (Å²) in [7, 11) is -6.41. The number of esters is 3. The SMILES string of the molecule is O=C(OC[C@H]1O[C@@H](O)[C@H](OC(=O)c2ccccc2)[C@@H](OC(=O)c2ccccc2)[C@H]1OS(=O)(=O)C(F)(F)F)c1ccccc1. The van der Waals surface area contributed by atoms with E-state index in [9.17, 15) is 41.1 Å². The fraction of sp³-hybridized carbons (Fsp3) is 0.250. The first kappa shape index (κ1) is 31.6. The summed E-state index contributed by atoms with van der Waals surface area (Å²) in [5.74, 6) is -3.30. The third-order valence-electron chi connectivity index (χ3n) is 6.02. The second-order valence-electron chi connectivity index (χ2n) is 8.96. The molecule has 0 spiro atoms. The molecule has 1 heterocycles. The van der Waals surface area contributed by atoms with E-state index in [0.29, 0.717) is 0 Å². The van der Waals surface area contributed by atoms with Crippen molar-refractivity contribution >= 4 is 28.0 Å². The number of carbonyl (C=O) groups excluding carboxylic acids is 3. The van der Waals surface area contributed by atoms with Crippen LogP contribution >= 0.6 is 0 Å². The number of aliphatic hydroxyl groups is 1. The fourth-order valence-corrected chi connectivity index (χ4v) is 4.59. The molecular weight excluding hydrogens is 601 g/mol. The van der Waals surface area contributed by atoms with E-state index < -0.39 is 70.8 Å². The predicted octanol–water partition coefficient (Wildman–Crippen LogP) is 3.25. The van der Waals surface area contributed by atoms with E-state index in [1.54, 1.807) is 18.2 Å². The summed E-state index contributed by atoms with van der Waals surface area (Å²) in [6, 6.07) is 21.5. The molecule has 1 aliphatic rings. The van der Waals surface area contributed by atoms with Gasteiger partial charge in [0.05, 0.1) is 16.7 Å². The molecular formula is C28H23F3O11S. The maximum atomic E-state index is 13.4. The Hall–Kier alpha value is -4.31. The van der Waals surface area contributed by atoms with Gasteiger partial charge in [-0.1, -0.05) is 54.6 Å². The van der Waals surface area contributed by atoms with E-state index in [4.69, 9.17) is 18.9 Å². The second kappa shape index (κ2) is 13.3. The molecule has 1 N–H and O–H groups in total. The quantitative estimate of drug-likeness (QED) is 0.162. The first-order valence-electron chi connectivity index (χ1n) is 12.4. The van der Waals surface area contributed by atoms with Gasteiger partial charge < -0.3 is 24.1 Å². The van der Waals surface area contributed by atoms with Crippen molar-refractivity contribution in [2.75, 3.05) is 6.61 Å². The molecule has 5 atom stereocenters. The minimum atomic E-state index is -6.41. The number of carbonyl (C=O) groups is 3. The van der Waals surface area contributed by atoms with E-state index in [0.717, 1.165) is 0 Å². The molecule has 0 aromatic heterocycles. The van der Waals surface area contributed by atoms with E-state index >= 15 is 0 Å². The lowest BCUT2D eigenvalue weighted by molar-refractivity contribution is -0.280. The molecule has 0 aliphatic carbocycles. The number of benzene rings is 3. The van der Waals surface area contributed by atoms with Gasteiger partial charge in [0.15, 0.2) is 18.5 Å². The first-order valence-corrected chi connectivity index (χ1v) is 13.9. The highest BCUT2D eigenvalue weighted by Gasteiger charge is 2.57. The van der Waals surface area contributed by atoms with Crippen LogP contribution in [-0.2, 0) is 33.2 Å². The van der Waals surface area contributed by atoms with Gasteiger partial charge in [-0.3, -0.25) is 4.18 Å². The van der Waals surface area contributed by atoms with Crippen molar-refractivity contribution in [2.24, 2.45) is 0 Å². The van der Waals surface area contributed by atoms with Crippen molar-refractivity contribution in [3.05, 3.63) is 108 Å². The molecule has 15 heteroatoms. The summed E-state index contributed by atoms with van der Waals surface area (Å²) in [6.45, 7) is -0.971. The van der Waals surface area contributed by atoms with Crippen molar-refractivity contribution in [1.29, 1.82) is 0 Å². The molecule has 1 fully saturated rings. The van der Waals surface area contributed by atoms with Gasteiger partial charge in [-0.15, -0.1) is 0 Å². The molecule has 11 nitrogen and oxygen atoms in total. The van der Waals surface area contributed by atoms with Gasteiger partial charge in [-0.25, -0.2) is 14.4 Å². The lowest BCUT2D eigenvalue weighted by Gasteiger charge is -2.42. The summed E-state index contributed by atoms with van der Waals surface area (Å²) in [5.41, 5.74) is -6.11. The van der Waals surface area contributed by atoms with Crippen LogP contribution in [0.5, 0.6) is 0 Å². The highest BCUT2D eigenvalue weighted by Crippen LogP contribution is 2.34. The van der Waals surface area contributed by atoms with Gasteiger partial charge in [0.25, 0.3) is 0 Å². The van der Waals surface area contributed by atoms with Gasteiger partial charge in [0.2, 0.25) is 0 Å². The molecule has 3 aromatic carbocycles. The Bertz CT molecular complexity index is 1520.